The van der Waals surface area contributed by atoms with Crippen LogP contribution in [0.2, 0.25) is 0 Å². The van der Waals surface area contributed by atoms with Crippen LogP contribution < -0.4 is 20.1 Å². The fourth-order valence-corrected chi connectivity index (χ4v) is 3.75. The highest BCUT2D eigenvalue weighted by Crippen LogP contribution is 2.33. The zero-order valence-electron chi connectivity index (χ0n) is 18.7. The number of thiocarbonyl (C=S) groups is 1. The number of oxazole rings is 1. The fraction of sp³-hybridized carbons (Fsp3) is 0.160. The molecule has 4 aromatic rings. The van der Waals surface area contributed by atoms with Gasteiger partial charge in [-0.2, -0.15) is 0 Å². The maximum absolute atomic E-state index is 12.5. The third kappa shape index (κ3) is 4.96. The van der Waals surface area contributed by atoms with Gasteiger partial charge in [0.15, 0.2) is 22.2 Å². The Kier molecular flexibility index (Phi) is 6.28. The quantitative estimate of drug-likeness (QED) is 0.392. The highest BCUT2D eigenvalue weighted by Gasteiger charge is 2.13. The molecule has 0 fully saturated rings. The Balaban J connectivity index is 1.50. The normalized spacial score (nSPS) is 10.7. The number of carbonyl (C=O) groups excluding carboxylic acids is 1. The van der Waals surface area contributed by atoms with E-state index in [0.717, 1.165) is 16.7 Å². The molecule has 0 aliphatic rings. The van der Waals surface area contributed by atoms with Gasteiger partial charge in [-0.1, -0.05) is 17.2 Å². The molecule has 33 heavy (non-hydrogen) atoms. The van der Waals surface area contributed by atoms with Crippen molar-refractivity contribution in [2.75, 3.05) is 19.5 Å². The number of anilines is 1. The molecular formula is C25H23N3O4S. The Morgan fingerprint density at radius 2 is 1.67 bits per heavy atom. The van der Waals surface area contributed by atoms with E-state index in [4.69, 9.17) is 26.1 Å². The molecule has 0 aliphatic heterocycles. The summed E-state index contributed by atoms with van der Waals surface area (Å²) in [5.41, 5.74) is 5.29. The minimum absolute atomic E-state index is 0.196. The number of hydrogen-bond acceptors (Lipinski definition) is 6. The number of rotatable bonds is 5. The monoisotopic (exact) mass is 461 g/mol. The van der Waals surface area contributed by atoms with E-state index in [0.29, 0.717) is 39.7 Å². The molecule has 1 heterocycles. The molecule has 0 spiro atoms. The summed E-state index contributed by atoms with van der Waals surface area (Å²) in [5.74, 6) is 1.40. The molecule has 0 atom stereocenters. The van der Waals surface area contributed by atoms with Crippen molar-refractivity contribution in [2.24, 2.45) is 0 Å². The van der Waals surface area contributed by atoms with Crippen molar-refractivity contribution in [1.82, 2.24) is 10.3 Å². The Hall–Kier alpha value is -3.91. The van der Waals surface area contributed by atoms with Gasteiger partial charge < -0.3 is 19.2 Å². The number of amides is 1. The molecule has 8 heteroatoms. The van der Waals surface area contributed by atoms with Gasteiger partial charge in [-0.05, 0) is 74.6 Å². The van der Waals surface area contributed by atoms with Crippen LogP contribution in [0.1, 0.15) is 21.5 Å². The van der Waals surface area contributed by atoms with E-state index in [1.165, 1.54) is 0 Å². The fourth-order valence-electron chi connectivity index (χ4n) is 3.54. The standard InChI is InChI=1S/C25H23N3O4S/c1-14-9-15(2)11-17(10-14)23(29)28-25(33)26-18-6-8-20-19(13-18)27-24(32-20)16-5-7-21(30-3)22(12-16)31-4/h5-13H,1-4H3,(H2,26,28,29,33). The van der Waals surface area contributed by atoms with Crippen LogP contribution in [0.25, 0.3) is 22.6 Å². The van der Waals surface area contributed by atoms with E-state index >= 15 is 0 Å². The molecule has 0 saturated carbocycles. The van der Waals surface area contributed by atoms with E-state index < -0.39 is 0 Å². The van der Waals surface area contributed by atoms with Crippen LogP contribution in [0, 0.1) is 13.8 Å². The molecule has 0 aliphatic carbocycles. The van der Waals surface area contributed by atoms with E-state index in [2.05, 4.69) is 15.6 Å². The average Bonchev–Trinajstić information content (AvgIpc) is 3.21. The number of benzene rings is 3. The summed E-state index contributed by atoms with van der Waals surface area (Å²) >= 11 is 5.32. The van der Waals surface area contributed by atoms with Gasteiger partial charge >= 0.3 is 0 Å². The molecule has 0 unspecified atom stereocenters. The van der Waals surface area contributed by atoms with E-state index in [9.17, 15) is 4.79 Å². The lowest BCUT2D eigenvalue weighted by atomic mass is 10.1. The van der Waals surface area contributed by atoms with Crippen LogP contribution in [0.15, 0.2) is 59.0 Å². The Labute approximate surface area is 196 Å². The molecule has 0 saturated heterocycles. The lowest BCUT2D eigenvalue weighted by Crippen LogP contribution is -2.34. The zero-order valence-corrected chi connectivity index (χ0v) is 19.5. The first-order valence-corrected chi connectivity index (χ1v) is 10.6. The highest BCUT2D eigenvalue weighted by atomic mass is 32.1. The first-order valence-electron chi connectivity index (χ1n) is 10.2. The number of methoxy groups -OCH3 is 2. The lowest BCUT2D eigenvalue weighted by molar-refractivity contribution is 0.0977. The third-order valence-corrected chi connectivity index (χ3v) is 5.19. The van der Waals surface area contributed by atoms with Crippen molar-refractivity contribution < 1.29 is 18.7 Å². The maximum atomic E-state index is 12.5. The Bertz CT molecular complexity index is 1340. The van der Waals surface area contributed by atoms with E-state index in [-0.39, 0.29) is 11.0 Å². The third-order valence-electron chi connectivity index (χ3n) is 4.99. The number of ether oxygens (including phenoxy) is 2. The van der Waals surface area contributed by atoms with Crippen LogP contribution in [0.5, 0.6) is 11.5 Å². The number of fused-ring (bicyclic) bond motifs is 1. The van der Waals surface area contributed by atoms with Gasteiger partial charge in [0.1, 0.15) is 5.52 Å². The molecule has 1 amide bonds. The second kappa shape index (κ2) is 9.30. The second-order valence-electron chi connectivity index (χ2n) is 7.56. The predicted octanol–water partition coefficient (Wildman–Crippen LogP) is 5.26. The van der Waals surface area contributed by atoms with Gasteiger partial charge in [-0.15, -0.1) is 0 Å². The number of carbonyl (C=O) groups is 1. The summed E-state index contributed by atoms with van der Waals surface area (Å²) < 4.78 is 16.5. The van der Waals surface area contributed by atoms with Crippen LogP contribution in [0.4, 0.5) is 5.69 Å². The highest BCUT2D eigenvalue weighted by molar-refractivity contribution is 7.80. The van der Waals surface area contributed by atoms with Crippen molar-refractivity contribution in [3.05, 3.63) is 71.3 Å². The molecule has 0 radical (unpaired) electrons. The topological polar surface area (TPSA) is 85.6 Å². The zero-order chi connectivity index (χ0) is 23.5. The van der Waals surface area contributed by atoms with Crippen LogP contribution in [0.3, 0.4) is 0 Å². The second-order valence-corrected chi connectivity index (χ2v) is 7.96. The number of nitrogens with zero attached hydrogens (tertiary/aromatic N) is 1. The van der Waals surface area contributed by atoms with Gasteiger partial charge in [0.05, 0.1) is 14.2 Å². The molecule has 2 N–H and O–H groups in total. The minimum Gasteiger partial charge on any atom is -0.493 e. The Morgan fingerprint density at radius 1 is 0.939 bits per heavy atom. The first kappa shape index (κ1) is 22.3. The van der Waals surface area contributed by atoms with Crippen LogP contribution in [-0.4, -0.2) is 30.2 Å². The summed E-state index contributed by atoms with van der Waals surface area (Å²) in [6, 6.07) is 16.5. The minimum atomic E-state index is -0.266. The van der Waals surface area contributed by atoms with Crippen LogP contribution >= 0.6 is 12.2 Å². The number of aryl methyl sites for hydroxylation is 2. The van der Waals surface area contributed by atoms with Crippen molar-refractivity contribution in [2.45, 2.75) is 13.8 Å². The SMILES string of the molecule is COc1ccc(-c2nc3cc(NC(=S)NC(=O)c4cc(C)cc(C)c4)ccc3o2)cc1OC. The number of aromatic nitrogens is 1. The molecule has 1 aromatic heterocycles. The van der Waals surface area contributed by atoms with Gasteiger partial charge in [-0.3, -0.25) is 10.1 Å². The molecule has 0 bridgehead atoms. The van der Waals surface area contributed by atoms with Crippen molar-refractivity contribution in [1.29, 1.82) is 0 Å². The summed E-state index contributed by atoms with van der Waals surface area (Å²) in [7, 11) is 3.16. The summed E-state index contributed by atoms with van der Waals surface area (Å²) in [6.07, 6.45) is 0. The summed E-state index contributed by atoms with van der Waals surface area (Å²) in [6.45, 7) is 3.90. The largest absolute Gasteiger partial charge is 0.493 e. The smallest absolute Gasteiger partial charge is 0.257 e. The van der Waals surface area contributed by atoms with E-state index in [1.807, 2.05) is 38.1 Å². The van der Waals surface area contributed by atoms with Gasteiger partial charge in [-0.25, -0.2) is 4.98 Å². The van der Waals surface area contributed by atoms with Gasteiger partial charge in [0.25, 0.3) is 5.91 Å². The van der Waals surface area contributed by atoms with Gasteiger partial charge in [0, 0.05) is 16.8 Å². The molecule has 3 aromatic carbocycles. The van der Waals surface area contributed by atoms with E-state index in [1.54, 1.807) is 44.6 Å². The van der Waals surface area contributed by atoms with Crippen molar-refractivity contribution >= 4 is 40.0 Å². The van der Waals surface area contributed by atoms with Crippen LogP contribution in [-0.2, 0) is 0 Å². The lowest BCUT2D eigenvalue weighted by Gasteiger charge is -2.10. The molecular weight excluding hydrogens is 438 g/mol. The number of nitrogens with one attached hydrogen (secondary N) is 2. The van der Waals surface area contributed by atoms with Crippen molar-refractivity contribution in [3.63, 3.8) is 0 Å². The first-order chi connectivity index (χ1) is 15.9. The van der Waals surface area contributed by atoms with Gasteiger partial charge in [0.2, 0.25) is 5.89 Å². The maximum Gasteiger partial charge on any atom is 0.257 e. The predicted molar refractivity (Wildman–Crippen MR) is 132 cm³/mol. The Morgan fingerprint density at radius 3 is 2.36 bits per heavy atom. The van der Waals surface area contributed by atoms with Crippen molar-refractivity contribution in [3.8, 4) is 23.0 Å². The molecule has 4 rings (SSSR count). The molecule has 7 nitrogen and oxygen atoms in total. The summed E-state index contributed by atoms with van der Waals surface area (Å²) in [5, 5.41) is 5.94. The number of hydrogen-bond donors (Lipinski definition) is 2. The summed E-state index contributed by atoms with van der Waals surface area (Å²) in [4.78, 5) is 17.1. The molecule has 168 valence electrons. The average molecular weight is 462 g/mol.